The average Bonchev–Trinajstić information content (AvgIpc) is 3.01. The summed E-state index contributed by atoms with van der Waals surface area (Å²) in [6.45, 7) is 4.43. The van der Waals surface area contributed by atoms with Gasteiger partial charge in [0, 0.05) is 13.1 Å². The van der Waals surface area contributed by atoms with E-state index in [0.717, 1.165) is 6.54 Å². The van der Waals surface area contributed by atoms with E-state index in [1.165, 1.54) is 38.5 Å². The molecule has 1 saturated carbocycles. The molecule has 1 fully saturated rings. The number of aliphatic imine (C=N–C) groups is 1. The zero-order chi connectivity index (χ0) is 17.0. The number of nitrogens with zero attached hydrogens (tertiary/aromatic N) is 1. The molecule has 0 bridgehead atoms. The van der Waals surface area contributed by atoms with Crippen LogP contribution >= 0.6 is 0 Å². The first-order valence-corrected chi connectivity index (χ1v) is 9.15. The van der Waals surface area contributed by atoms with Gasteiger partial charge in [0.2, 0.25) is 0 Å². The van der Waals surface area contributed by atoms with E-state index >= 15 is 0 Å². The minimum absolute atomic E-state index is 0.256. The summed E-state index contributed by atoms with van der Waals surface area (Å²) in [6.07, 6.45) is 8.86. The third-order valence-corrected chi connectivity index (χ3v) is 4.19. The Hall–Kier alpha value is -1.53. The Morgan fingerprint density at radius 3 is 2.79 bits per heavy atom. The maximum absolute atomic E-state index is 10.0. The van der Waals surface area contributed by atoms with Crippen molar-refractivity contribution in [1.82, 2.24) is 10.6 Å². The van der Waals surface area contributed by atoms with Crippen LogP contribution in [-0.2, 0) is 4.74 Å². The highest BCUT2D eigenvalue weighted by molar-refractivity contribution is 5.79. The second-order valence-electron chi connectivity index (χ2n) is 6.16. The van der Waals surface area contributed by atoms with Crippen molar-refractivity contribution in [3.8, 4) is 0 Å². The topological polar surface area (TPSA) is 79.0 Å². The second-order valence-corrected chi connectivity index (χ2v) is 6.16. The summed E-state index contributed by atoms with van der Waals surface area (Å²) in [4.78, 5) is 4.40. The first-order valence-electron chi connectivity index (χ1n) is 9.15. The normalized spacial score (nSPS) is 18.2. The maximum Gasteiger partial charge on any atom is 0.191 e. The molecule has 1 aliphatic rings. The van der Waals surface area contributed by atoms with Gasteiger partial charge in [0.1, 0.15) is 11.9 Å². The maximum atomic E-state index is 10.0. The Morgan fingerprint density at radius 1 is 1.33 bits per heavy atom. The molecule has 6 nitrogen and oxygen atoms in total. The summed E-state index contributed by atoms with van der Waals surface area (Å²) in [5.41, 5.74) is 0. The zero-order valence-electron chi connectivity index (χ0n) is 14.7. The second kappa shape index (κ2) is 11.1. The van der Waals surface area contributed by atoms with Gasteiger partial charge < -0.3 is 24.9 Å². The van der Waals surface area contributed by atoms with Gasteiger partial charge >= 0.3 is 0 Å². The van der Waals surface area contributed by atoms with Crippen molar-refractivity contribution in [2.24, 2.45) is 4.99 Å². The molecule has 24 heavy (non-hydrogen) atoms. The molecular formula is C18H31N3O3. The fourth-order valence-electron chi connectivity index (χ4n) is 2.89. The van der Waals surface area contributed by atoms with Gasteiger partial charge in [0.15, 0.2) is 5.96 Å². The van der Waals surface area contributed by atoms with E-state index in [4.69, 9.17) is 9.15 Å². The smallest absolute Gasteiger partial charge is 0.191 e. The Labute approximate surface area is 144 Å². The predicted octanol–water partition coefficient (Wildman–Crippen LogP) is 2.61. The number of guanidine groups is 1. The van der Waals surface area contributed by atoms with Crippen molar-refractivity contribution in [1.29, 1.82) is 0 Å². The molecule has 1 aromatic heterocycles. The first-order chi connectivity index (χ1) is 11.8. The van der Waals surface area contributed by atoms with Crippen molar-refractivity contribution in [3.63, 3.8) is 0 Å². The van der Waals surface area contributed by atoms with E-state index < -0.39 is 6.10 Å². The van der Waals surface area contributed by atoms with Crippen LogP contribution in [0.3, 0.4) is 0 Å². The Bertz CT molecular complexity index is 454. The monoisotopic (exact) mass is 337 g/mol. The van der Waals surface area contributed by atoms with E-state index in [0.29, 0.717) is 31.0 Å². The van der Waals surface area contributed by atoms with Gasteiger partial charge in [-0.3, -0.25) is 4.99 Å². The fraction of sp³-hybridized carbons (Fsp3) is 0.722. The molecule has 1 heterocycles. The van der Waals surface area contributed by atoms with Crippen LogP contribution in [0.25, 0.3) is 0 Å². The molecular weight excluding hydrogens is 306 g/mol. The Balaban J connectivity index is 1.68. The van der Waals surface area contributed by atoms with E-state index in [9.17, 15) is 5.11 Å². The van der Waals surface area contributed by atoms with Crippen molar-refractivity contribution in [3.05, 3.63) is 24.2 Å². The lowest BCUT2D eigenvalue weighted by Crippen LogP contribution is -2.39. The number of hydrogen-bond donors (Lipinski definition) is 3. The molecule has 2 rings (SSSR count). The lowest BCUT2D eigenvalue weighted by atomic mass is 10.1. The fourth-order valence-corrected chi connectivity index (χ4v) is 2.89. The number of hydrogen-bond acceptors (Lipinski definition) is 4. The Kier molecular flexibility index (Phi) is 8.70. The number of aliphatic hydroxyl groups excluding tert-OH is 1. The van der Waals surface area contributed by atoms with Crippen LogP contribution in [-0.4, -0.2) is 43.4 Å². The lowest BCUT2D eigenvalue weighted by molar-refractivity contribution is 0.0468. The number of ether oxygens (including phenoxy) is 1. The van der Waals surface area contributed by atoms with Crippen molar-refractivity contribution in [2.45, 2.75) is 57.7 Å². The van der Waals surface area contributed by atoms with Gasteiger partial charge in [-0.25, -0.2) is 0 Å². The van der Waals surface area contributed by atoms with Crippen molar-refractivity contribution >= 4 is 5.96 Å². The van der Waals surface area contributed by atoms with E-state index in [1.54, 1.807) is 18.4 Å². The lowest BCUT2D eigenvalue weighted by Gasteiger charge is -2.17. The van der Waals surface area contributed by atoms with Gasteiger partial charge in [0.05, 0.1) is 25.5 Å². The standard InChI is InChI=1S/C18H31N3O3/c1-2-19-18(21-14-16(22)17-10-7-12-24-17)20-11-13-23-15-8-5-3-4-6-9-15/h7,10,12,15-16,22H,2-6,8-9,11,13-14H2,1H3,(H2,19,20,21). The van der Waals surface area contributed by atoms with Crippen LogP contribution in [0.4, 0.5) is 0 Å². The number of aliphatic hydroxyl groups is 1. The molecule has 0 aromatic carbocycles. The van der Waals surface area contributed by atoms with Gasteiger partial charge in [-0.05, 0) is 31.9 Å². The van der Waals surface area contributed by atoms with Crippen molar-refractivity contribution < 1.29 is 14.3 Å². The molecule has 1 atom stereocenters. The van der Waals surface area contributed by atoms with Gasteiger partial charge in [-0.2, -0.15) is 0 Å². The van der Waals surface area contributed by atoms with Crippen LogP contribution in [0.15, 0.2) is 27.8 Å². The quantitative estimate of drug-likeness (QED) is 0.294. The summed E-state index contributed by atoms with van der Waals surface area (Å²) in [5, 5.41) is 16.4. The van der Waals surface area contributed by atoms with Crippen LogP contribution < -0.4 is 10.6 Å². The minimum atomic E-state index is -0.724. The molecule has 0 amide bonds. The van der Waals surface area contributed by atoms with Gasteiger partial charge in [-0.1, -0.05) is 25.7 Å². The van der Waals surface area contributed by atoms with Crippen LogP contribution in [0.5, 0.6) is 0 Å². The van der Waals surface area contributed by atoms with Crippen LogP contribution in [0.2, 0.25) is 0 Å². The van der Waals surface area contributed by atoms with E-state index in [2.05, 4.69) is 15.6 Å². The molecule has 0 spiro atoms. The summed E-state index contributed by atoms with van der Waals surface area (Å²) in [6, 6.07) is 3.51. The summed E-state index contributed by atoms with van der Waals surface area (Å²) < 4.78 is 11.1. The zero-order valence-corrected chi connectivity index (χ0v) is 14.7. The van der Waals surface area contributed by atoms with E-state index in [-0.39, 0.29) is 6.54 Å². The van der Waals surface area contributed by atoms with E-state index in [1.807, 2.05) is 6.92 Å². The predicted molar refractivity (Wildman–Crippen MR) is 95.1 cm³/mol. The molecule has 1 aromatic rings. The van der Waals surface area contributed by atoms with Crippen LogP contribution in [0, 0.1) is 0 Å². The molecule has 0 saturated heterocycles. The number of furan rings is 1. The van der Waals surface area contributed by atoms with Gasteiger partial charge in [-0.15, -0.1) is 0 Å². The summed E-state index contributed by atoms with van der Waals surface area (Å²) >= 11 is 0. The third-order valence-electron chi connectivity index (χ3n) is 4.19. The summed E-state index contributed by atoms with van der Waals surface area (Å²) in [5.74, 6) is 1.22. The molecule has 1 unspecified atom stereocenters. The molecule has 6 heteroatoms. The molecule has 0 radical (unpaired) electrons. The number of rotatable bonds is 8. The largest absolute Gasteiger partial charge is 0.467 e. The highest BCUT2D eigenvalue weighted by atomic mass is 16.5. The van der Waals surface area contributed by atoms with Crippen LogP contribution in [0.1, 0.15) is 57.3 Å². The molecule has 1 aliphatic carbocycles. The SMILES string of the molecule is CCNC(=NCC(O)c1ccco1)NCCOC1CCCCCC1. The van der Waals surface area contributed by atoms with Gasteiger partial charge in [0.25, 0.3) is 0 Å². The minimum Gasteiger partial charge on any atom is -0.467 e. The number of nitrogens with one attached hydrogen (secondary N) is 2. The molecule has 136 valence electrons. The van der Waals surface area contributed by atoms with Crippen molar-refractivity contribution in [2.75, 3.05) is 26.2 Å². The highest BCUT2D eigenvalue weighted by Gasteiger charge is 2.12. The Morgan fingerprint density at radius 2 is 2.12 bits per heavy atom. The molecule has 0 aliphatic heterocycles. The average molecular weight is 337 g/mol. The third kappa shape index (κ3) is 6.93. The summed E-state index contributed by atoms with van der Waals surface area (Å²) in [7, 11) is 0. The highest BCUT2D eigenvalue weighted by Crippen LogP contribution is 2.19. The molecule has 3 N–H and O–H groups in total. The first kappa shape index (κ1) is 18.8.